The number of nitrogens with two attached hydrogens (primary N) is 1. The predicted octanol–water partition coefficient (Wildman–Crippen LogP) is -0.510. The van der Waals surface area contributed by atoms with Crippen LogP contribution in [-0.2, 0) is 4.79 Å². The molecule has 1 amide bonds. The van der Waals surface area contributed by atoms with Crippen molar-refractivity contribution in [2.75, 3.05) is 0 Å². The van der Waals surface area contributed by atoms with Gasteiger partial charge in [-0.25, -0.2) is 4.98 Å². The largest absolute Gasteiger partial charge is 0.390 e. The SMILES string of the molecule is NC(=O)CC(O)C(O)c1cccnc1F. The Bertz CT molecular complexity index is 359. The maximum absolute atomic E-state index is 13.0. The van der Waals surface area contributed by atoms with E-state index in [1.807, 2.05) is 0 Å². The Hall–Kier alpha value is -1.53. The van der Waals surface area contributed by atoms with Crippen LogP contribution in [0.4, 0.5) is 4.39 Å². The van der Waals surface area contributed by atoms with Crippen molar-refractivity contribution < 1.29 is 19.4 Å². The van der Waals surface area contributed by atoms with E-state index in [0.717, 1.165) is 0 Å². The standard InChI is InChI=1S/C9H11FN2O3/c10-9-5(2-1-3-12-9)8(15)6(13)4-7(11)14/h1-3,6,8,13,15H,4H2,(H2,11,14). The van der Waals surface area contributed by atoms with Crippen LogP contribution >= 0.6 is 0 Å². The van der Waals surface area contributed by atoms with E-state index in [1.54, 1.807) is 0 Å². The number of aliphatic hydroxyl groups excluding tert-OH is 2. The minimum Gasteiger partial charge on any atom is -0.390 e. The van der Waals surface area contributed by atoms with E-state index >= 15 is 0 Å². The van der Waals surface area contributed by atoms with Crippen LogP contribution in [0.5, 0.6) is 0 Å². The van der Waals surface area contributed by atoms with Gasteiger partial charge in [0.2, 0.25) is 11.9 Å². The summed E-state index contributed by atoms with van der Waals surface area (Å²) < 4.78 is 13.0. The number of hydrogen-bond acceptors (Lipinski definition) is 4. The second kappa shape index (κ2) is 4.81. The Balaban J connectivity index is 2.80. The molecule has 0 saturated carbocycles. The van der Waals surface area contributed by atoms with Gasteiger partial charge in [0.25, 0.3) is 0 Å². The van der Waals surface area contributed by atoms with Crippen molar-refractivity contribution in [1.82, 2.24) is 4.98 Å². The highest BCUT2D eigenvalue weighted by molar-refractivity contribution is 5.74. The van der Waals surface area contributed by atoms with Crippen LogP contribution in [-0.4, -0.2) is 27.2 Å². The molecule has 0 radical (unpaired) electrons. The molecule has 82 valence electrons. The molecule has 5 nitrogen and oxygen atoms in total. The van der Waals surface area contributed by atoms with E-state index in [4.69, 9.17) is 5.73 Å². The maximum atomic E-state index is 13.0. The topological polar surface area (TPSA) is 96.4 Å². The van der Waals surface area contributed by atoms with Crippen LogP contribution in [0.1, 0.15) is 18.1 Å². The Kier molecular flexibility index (Phi) is 3.70. The second-order valence-electron chi connectivity index (χ2n) is 3.07. The van der Waals surface area contributed by atoms with Crippen molar-refractivity contribution in [2.45, 2.75) is 18.6 Å². The molecule has 2 atom stereocenters. The first-order valence-corrected chi connectivity index (χ1v) is 4.27. The van der Waals surface area contributed by atoms with E-state index in [9.17, 15) is 19.4 Å². The zero-order chi connectivity index (χ0) is 11.4. The lowest BCUT2D eigenvalue weighted by atomic mass is 10.0. The minimum absolute atomic E-state index is 0.161. The van der Waals surface area contributed by atoms with Crippen LogP contribution in [0.2, 0.25) is 0 Å². The quantitative estimate of drug-likeness (QED) is 0.588. The average Bonchev–Trinajstić information content (AvgIpc) is 2.16. The zero-order valence-corrected chi connectivity index (χ0v) is 7.80. The van der Waals surface area contributed by atoms with Crippen LogP contribution < -0.4 is 5.73 Å². The number of halogens is 1. The molecule has 1 heterocycles. The average molecular weight is 214 g/mol. The molecule has 6 heteroatoms. The van der Waals surface area contributed by atoms with Crippen molar-refractivity contribution in [2.24, 2.45) is 5.73 Å². The Morgan fingerprint density at radius 2 is 2.27 bits per heavy atom. The summed E-state index contributed by atoms with van der Waals surface area (Å²) in [5.74, 6) is -1.65. The molecule has 0 spiro atoms. The summed E-state index contributed by atoms with van der Waals surface area (Å²) in [6, 6.07) is 2.69. The Labute approximate surface area is 85.4 Å². The first kappa shape index (κ1) is 11.5. The van der Waals surface area contributed by atoms with Gasteiger partial charge in [-0.05, 0) is 6.07 Å². The number of carbonyl (C=O) groups is 1. The fraction of sp³-hybridized carbons (Fsp3) is 0.333. The number of rotatable bonds is 4. The molecule has 1 aromatic rings. The minimum atomic E-state index is -1.51. The van der Waals surface area contributed by atoms with Crippen molar-refractivity contribution in [3.8, 4) is 0 Å². The van der Waals surface area contributed by atoms with Gasteiger partial charge in [0, 0.05) is 11.8 Å². The Morgan fingerprint density at radius 1 is 1.60 bits per heavy atom. The number of primary amides is 1. The molecule has 0 aliphatic carbocycles. The summed E-state index contributed by atoms with van der Waals surface area (Å²) in [4.78, 5) is 13.8. The molecule has 0 fully saturated rings. The molecule has 2 unspecified atom stereocenters. The molecular weight excluding hydrogens is 203 g/mol. The van der Waals surface area contributed by atoms with Gasteiger partial charge < -0.3 is 15.9 Å². The van der Waals surface area contributed by atoms with Crippen molar-refractivity contribution >= 4 is 5.91 Å². The fourth-order valence-corrected chi connectivity index (χ4v) is 1.14. The van der Waals surface area contributed by atoms with Gasteiger partial charge in [-0.15, -0.1) is 0 Å². The Morgan fingerprint density at radius 3 is 2.80 bits per heavy atom. The maximum Gasteiger partial charge on any atom is 0.220 e. The lowest BCUT2D eigenvalue weighted by molar-refractivity contribution is -0.121. The third-order valence-corrected chi connectivity index (χ3v) is 1.88. The summed E-state index contributed by atoms with van der Waals surface area (Å²) in [7, 11) is 0. The van der Waals surface area contributed by atoms with Gasteiger partial charge in [0.15, 0.2) is 0 Å². The number of pyridine rings is 1. The van der Waals surface area contributed by atoms with Gasteiger partial charge >= 0.3 is 0 Å². The highest BCUT2D eigenvalue weighted by Crippen LogP contribution is 2.20. The van der Waals surface area contributed by atoms with E-state index in [-0.39, 0.29) is 5.56 Å². The monoisotopic (exact) mass is 214 g/mol. The van der Waals surface area contributed by atoms with Crippen molar-refractivity contribution in [3.63, 3.8) is 0 Å². The van der Waals surface area contributed by atoms with Gasteiger partial charge in [0.1, 0.15) is 6.10 Å². The summed E-state index contributed by atoms with van der Waals surface area (Å²) in [6.07, 6.45) is -2.16. The first-order valence-electron chi connectivity index (χ1n) is 4.27. The molecule has 0 bridgehead atoms. The van der Waals surface area contributed by atoms with E-state index in [0.29, 0.717) is 0 Å². The molecule has 0 saturated heterocycles. The molecule has 0 aromatic carbocycles. The molecule has 4 N–H and O–H groups in total. The lowest BCUT2D eigenvalue weighted by Gasteiger charge is -2.16. The summed E-state index contributed by atoms with van der Waals surface area (Å²) in [5.41, 5.74) is 4.67. The van der Waals surface area contributed by atoms with E-state index in [2.05, 4.69) is 4.98 Å². The fourth-order valence-electron chi connectivity index (χ4n) is 1.14. The summed E-state index contributed by atoms with van der Waals surface area (Å²) in [5, 5.41) is 18.8. The summed E-state index contributed by atoms with van der Waals surface area (Å²) >= 11 is 0. The van der Waals surface area contributed by atoms with Crippen LogP contribution in [0.15, 0.2) is 18.3 Å². The number of hydrogen-bond donors (Lipinski definition) is 3. The van der Waals surface area contributed by atoms with Crippen LogP contribution in [0.25, 0.3) is 0 Å². The molecule has 1 rings (SSSR count). The van der Waals surface area contributed by atoms with Gasteiger partial charge in [-0.2, -0.15) is 4.39 Å². The number of aromatic nitrogens is 1. The molecule has 0 aliphatic heterocycles. The highest BCUT2D eigenvalue weighted by atomic mass is 19.1. The van der Waals surface area contributed by atoms with Crippen molar-refractivity contribution in [3.05, 3.63) is 29.8 Å². The predicted molar refractivity (Wildman–Crippen MR) is 49.0 cm³/mol. The van der Waals surface area contributed by atoms with E-state index in [1.165, 1.54) is 18.3 Å². The number of nitrogens with zero attached hydrogens (tertiary/aromatic N) is 1. The molecule has 1 aromatic heterocycles. The normalized spacial score (nSPS) is 14.6. The molecule has 15 heavy (non-hydrogen) atoms. The first-order chi connectivity index (χ1) is 7.02. The number of carbonyl (C=O) groups excluding carboxylic acids is 1. The van der Waals surface area contributed by atoms with Crippen LogP contribution in [0.3, 0.4) is 0 Å². The lowest BCUT2D eigenvalue weighted by Crippen LogP contribution is -2.26. The second-order valence-corrected chi connectivity index (χ2v) is 3.07. The number of aliphatic hydroxyl groups is 2. The zero-order valence-electron chi connectivity index (χ0n) is 7.80. The van der Waals surface area contributed by atoms with Crippen LogP contribution in [0, 0.1) is 5.95 Å². The van der Waals surface area contributed by atoms with E-state index < -0.39 is 30.5 Å². The molecule has 0 aliphatic rings. The smallest absolute Gasteiger partial charge is 0.220 e. The third-order valence-electron chi connectivity index (χ3n) is 1.88. The third kappa shape index (κ3) is 2.97. The van der Waals surface area contributed by atoms with Gasteiger partial charge in [-0.1, -0.05) is 6.07 Å². The number of amides is 1. The van der Waals surface area contributed by atoms with Gasteiger partial charge in [-0.3, -0.25) is 4.79 Å². The van der Waals surface area contributed by atoms with Gasteiger partial charge in [0.05, 0.1) is 12.5 Å². The highest BCUT2D eigenvalue weighted by Gasteiger charge is 2.23. The summed E-state index contributed by atoms with van der Waals surface area (Å²) in [6.45, 7) is 0. The molecular formula is C9H11FN2O3. The van der Waals surface area contributed by atoms with Crippen molar-refractivity contribution in [1.29, 1.82) is 0 Å².